The van der Waals surface area contributed by atoms with Crippen molar-refractivity contribution >= 4 is 11.8 Å². The highest BCUT2D eigenvalue weighted by molar-refractivity contribution is 7.99. The molecule has 0 radical (unpaired) electrons. The molecule has 96 valence electrons. The van der Waals surface area contributed by atoms with Gasteiger partial charge in [-0.05, 0) is 64.5 Å². The molecule has 1 nitrogen and oxygen atoms in total. The molecule has 1 aromatic carbocycles. The van der Waals surface area contributed by atoms with Crippen LogP contribution >= 0.6 is 11.8 Å². The maximum Gasteiger partial charge on any atom is 0.0101 e. The highest BCUT2D eigenvalue weighted by Crippen LogP contribution is 2.22. The van der Waals surface area contributed by atoms with E-state index in [9.17, 15) is 0 Å². The lowest BCUT2D eigenvalue weighted by Gasteiger charge is -2.20. The summed E-state index contributed by atoms with van der Waals surface area (Å²) in [7, 11) is 0. The lowest BCUT2D eigenvalue weighted by atomic mass is 10.1. The summed E-state index contributed by atoms with van der Waals surface area (Å²) in [4.78, 5) is 1.43. The highest BCUT2D eigenvalue weighted by Gasteiger charge is 2.06. The minimum atomic E-state index is 0.253. The summed E-state index contributed by atoms with van der Waals surface area (Å²) in [5, 5.41) is 3.52. The molecule has 0 saturated carbocycles. The summed E-state index contributed by atoms with van der Waals surface area (Å²) in [6, 6.07) is 8.63. The average Bonchev–Trinajstić information content (AvgIpc) is 2.24. The Labute approximate surface area is 110 Å². The first kappa shape index (κ1) is 14.6. The monoisotopic (exact) mass is 251 g/mol. The Morgan fingerprint density at radius 1 is 1.12 bits per heavy atom. The van der Waals surface area contributed by atoms with Crippen LogP contribution in [0.3, 0.4) is 0 Å². The third-order valence-corrected chi connectivity index (χ3v) is 3.84. The number of aryl methyl sites for hydroxylation is 1. The number of benzene rings is 1. The van der Waals surface area contributed by atoms with Gasteiger partial charge in [-0.3, -0.25) is 0 Å². The predicted molar refractivity (Wildman–Crippen MR) is 78.9 cm³/mol. The fraction of sp³-hybridized carbons (Fsp3) is 0.600. The summed E-state index contributed by atoms with van der Waals surface area (Å²) >= 11 is 1.98. The number of nitrogens with one attached hydrogen (secondary N) is 1. The lowest BCUT2D eigenvalue weighted by Crippen LogP contribution is -2.36. The Balaban J connectivity index is 2.11. The Kier molecular flexibility index (Phi) is 6.07. The molecule has 0 aliphatic heterocycles. The molecular weight excluding hydrogens is 226 g/mol. The molecule has 0 bridgehead atoms. The fourth-order valence-corrected chi connectivity index (χ4v) is 2.63. The van der Waals surface area contributed by atoms with E-state index in [1.165, 1.54) is 29.1 Å². The van der Waals surface area contributed by atoms with Crippen LogP contribution < -0.4 is 5.32 Å². The molecule has 0 amide bonds. The van der Waals surface area contributed by atoms with Crippen LogP contribution in [0.25, 0.3) is 0 Å². The lowest BCUT2D eigenvalue weighted by molar-refractivity contribution is 0.421. The van der Waals surface area contributed by atoms with Crippen molar-refractivity contribution in [2.75, 3.05) is 12.3 Å². The molecule has 0 fully saturated rings. The maximum absolute atomic E-state index is 3.52. The largest absolute Gasteiger partial charge is 0.312 e. The first-order valence-electron chi connectivity index (χ1n) is 6.42. The van der Waals surface area contributed by atoms with Gasteiger partial charge in [-0.25, -0.2) is 0 Å². The zero-order valence-corrected chi connectivity index (χ0v) is 12.4. The third-order valence-electron chi connectivity index (χ3n) is 2.58. The van der Waals surface area contributed by atoms with E-state index in [4.69, 9.17) is 0 Å². The van der Waals surface area contributed by atoms with Crippen molar-refractivity contribution in [3.8, 4) is 0 Å². The van der Waals surface area contributed by atoms with Gasteiger partial charge in [0.2, 0.25) is 0 Å². The Morgan fingerprint density at radius 2 is 1.82 bits per heavy atom. The van der Waals surface area contributed by atoms with Crippen LogP contribution in [-0.2, 0) is 0 Å². The third kappa shape index (κ3) is 6.75. The van der Waals surface area contributed by atoms with Crippen molar-refractivity contribution in [3.05, 3.63) is 29.8 Å². The van der Waals surface area contributed by atoms with E-state index in [0.29, 0.717) is 0 Å². The van der Waals surface area contributed by atoms with Gasteiger partial charge >= 0.3 is 0 Å². The topological polar surface area (TPSA) is 12.0 Å². The molecule has 0 aliphatic carbocycles. The number of rotatable bonds is 6. The van der Waals surface area contributed by atoms with E-state index in [-0.39, 0.29) is 5.54 Å². The summed E-state index contributed by atoms with van der Waals surface area (Å²) in [6.07, 6.45) is 2.54. The van der Waals surface area contributed by atoms with Gasteiger partial charge in [0.05, 0.1) is 0 Å². The molecule has 0 spiro atoms. The van der Waals surface area contributed by atoms with Crippen LogP contribution in [0.5, 0.6) is 0 Å². The molecule has 1 N–H and O–H groups in total. The summed E-state index contributed by atoms with van der Waals surface area (Å²) in [5.41, 5.74) is 1.65. The van der Waals surface area contributed by atoms with E-state index in [1.54, 1.807) is 0 Å². The van der Waals surface area contributed by atoms with Crippen LogP contribution in [0.15, 0.2) is 29.2 Å². The van der Waals surface area contributed by atoms with Crippen LogP contribution in [0.1, 0.15) is 39.2 Å². The molecular formula is C15H25NS. The first-order valence-corrected chi connectivity index (χ1v) is 7.41. The van der Waals surface area contributed by atoms with Gasteiger partial charge in [0.25, 0.3) is 0 Å². The summed E-state index contributed by atoms with van der Waals surface area (Å²) in [5.74, 6) is 1.22. The van der Waals surface area contributed by atoms with Crippen molar-refractivity contribution in [3.63, 3.8) is 0 Å². The van der Waals surface area contributed by atoms with Gasteiger partial charge in [0.1, 0.15) is 0 Å². The smallest absolute Gasteiger partial charge is 0.0101 e. The van der Waals surface area contributed by atoms with Gasteiger partial charge in [0, 0.05) is 10.4 Å². The highest BCUT2D eigenvalue weighted by atomic mass is 32.2. The van der Waals surface area contributed by atoms with Crippen LogP contribution in [0.2, 0.25) is 0 Å². The van der Waals surface area contributed by atoms with Gasteiger partial charge in [-0.15, -0.1) is 11.8 Å². The zero-order chi connectivity index (χ0) is 12.7. The summed E-state index contributed by atoms with van der Waals surface area (Å²) < 4.78 is 0. The maximum atomic E-state index is 3.52. The molecule has 0 aliphatic rings. The van der Waals surface area contributed by atoms with E-state index in [2.05, 4.69) is 57.3 Å². The first-order chi connectivity index (χ1) is 7.99. The predicted octanol–water partition coefficient (Wildman–Crippen LogP) is 4.26. The minimum absolute atomic E-state index is 0.253. The molecule has 0 heterocycles. The van der Waals surface area contributed by atoms with Crippen molar-refractivity contribution in [1.29, 1.82) is 0 Å². The van der Waals surface area contributed by atoms with Crippen LogP contribution in [-0.4, -0.2) is 17.8 Å². The zero-order valence-electron chi connectivity index (χ0n) is 11.5. The number of unbranched alkanes of at least 4 members (excludes halogenated alkanes) is 1. The van der Waals surface area contributed by atoms with Crippen molar-refractivity contribution < 1.29 is 0 Å². The Bertz CT molecular complexity index is 328. The van der Waals surface area contributed by atoms with E-state index in [0.717, 1.165) is 6.54 Å². The van der Waals surface area contributed by atoms with Crippen LogP contribution in [0, 0.1) is 6.92 Å². The normalized spacial score (nSPS) is 11.8. The number of thioether (sulfide) groups is 1. The van der Waals surface area contributed by atoms with E-state index in [1.807, 2.05) is 11.8 Å². The van der Waals surface area contributed by atoms with Gasteiger partial charge < -0.3 is 5.32 Å². The van der Waals surface area contributed by atoms with Crippen molar-refractivity contribution in [1.82, 2.24) is 5.32 Å². The molecule has 0 unspecified atom stereocenters. The van der Waals surface area contributed by atoms with Gasteiger partial charge in [0.15, 0.2) is 0 Å². The quantitative estimate of drug-likeness (QED) is 0.599. The molecule has 0 atom stereocenters. The van der Waals surface area contributed by atoms with Crippen LogP contribution in [0.4, 0.5) is 0 Å². The second-order valence-corrected chi connectivity index (χ2v) is 6.63. The Morgan fingerprint density at radius 3 is 2.47 bits per heavy atom. The standard InChI is InChI=1S/C15H25NS/c1-13-9-5-6-10-14(13)17-12-8-7-11-16-15(2,3)4/h5-6,9-10,16H,7-8,11-12H2,1-4H3. The van der Waals surface area contributed by atoms with Crippen molar-refractivity contribution in [2.45, 2.75) is 51.0 Å². The second-order valence-electron chi connectivity index (χ2n) is 5.50. The van der Waals surface area contributed by atoms with Crippen molar-refractivity contribution in [2.24, 2.45) is 0 Å². The minimum Gasteiger partial charge on any atom is -0.312 e. The van der Waals surface area contributed by atoms with Gasteiger partial charge in [-0.1, -0.05) is 18.2 Å². The molecule has 0 aromatic heterocycles. The molecule has 1 rings (SSSR count). The fourth-order valence-electron chi connectivity index (χ4n) is 1.59. The molecule has 0 saturated heterocycles. The summed E-state index contributed by atoms with van der Waals surface area (Å²) in [6.45, 7) is 9.96. The Hall–Kier alpha value is -0.470. The average molecular weight is 251 g/mol. The molecule has 2 heteroatoms. The van der Waals surface area contributed by atoms with Gasteiger partial charge in [-0.2, -0.15) is 0 Å². The number of hydrogen-bond acceptors (Lipinski definition) is 2. The van der Waals surface area contributed by atoms with E-state index >= 15 is 0 Å². The SMILES string of the molecule is Cc1ccccc1SCCCCNC(C)(C)C. The molecule has 1 aromatic rings. The van der Waals surface area contributed by atoms with E-state index < -0.39 is 0 Å². The second kappa shape index (κ2) is 7.07. The number of hydrogen-bond donors (Lipinski definition) is 1. The molecule has 17 heavy (non-hydrogen) atoms.